The lowest BCUT2D eigenvalue weighted by atomic mass is 10.4. The molecule has 0 aliphatic carbocycles. The summed E-state index contributed by atoms with van der Waals surface area (Å²) in [7, 11) is 0. The maximum atomic E-state index is 9.12. The summed E-state index contributed by atoms with van der Waals surface area (Å²) in [6.45, 7) is -0.969. The first-order chi connectivity index (χ1) is 5.08. The molecular weight excluding hydrogens is 172 g/mol. The van der Waals surface area contributed by atoms with Gasteiger partial charge in [0.05, 0.1) is 12.7 Å². The minimum atomic E-state index is -1.19. The highest BCUT2D eigenvalue weighted by atomic mass is 32.1. The molecule has 6 heteroatoms. The summed E-state index contributed by atoms with van der Waals surface area (Å²) in [4.78, 5) is 9.12. The van der Waals surface area contributed by atoms with E-state index in [9.17, 15) is 0 Å². The Morgan fingerprint density at radius 2 is 1.82 bits per heavy atom. The van der Waals surface area contributed by atoms with Crippen LogP contribution in [0.4, 0.5) is 0 Å². The van der Waals surface area contributed by atoms with Gasteiger partial charge < -0.3 is 20.4 Å². The van der Waals surface area contributed by atoms with E-state index in [-0.39, 0.29) is 6.61 Å². The Morgan fingerprint density at radius 3 is 1.82 bits per heavy atom. The second-order valence-corrected chi connectivity index (χ2v) is 1.94. The number of carboxylic acids is 1. The molecule has 0 saturated carbocycles. The summed E-state index contributed by atoms with van der Waals surface area (Å²) in [6, 6.07) is 0. The molecule has 11 heavy (non-hydrogen) atoms. The number of carbonyl (C=O) groups is 1. The second-order valence-electron chi connectivity index (χ2n) is 1.57. The summed E-state index contributed by atoms with van der Waals surface area (Å²) in [6.07, 6.45) is -0.645. The van der Waals surface area contributed by atoms with Gasteiger partial charge in [0.2, 0.25) is 0 Å². The maximum absolute atomic E-state index is 9.12. The van der Waals surface area contributed by atoms with Gasteiger partial charge in [-0.2, -0.15) is 12.6 Å². The number of aliphatic hydroxyl groups is 3. The van der Waals surface area contributed by atoms with Crippen molar-refractivity contribution in [3.63, 3.8) is 0 Å². The van der Waals surface area contributed by atoms with Crippen molar-refractivity contribution in [3.05, 3.63) is 0 Å². The highest BCUT2D eigenvalue weighted by Gasteiger charge is 1.92. The molecule has 1 atom stereocenters. The van der Waals surface area contributed by atoms with Crippen LogP contribution in [0.25, 0.3) is 0 Å². The van der Waals surface area contributed by atoms with Gasteiger partial charge in [0.1, 0.15) is 6.61 Å². The Hall–Kier alpha value is -0.300. The molecule has 0 aromatic heterocycles. The van der Waals surface area contributed by atoms with Gasteiger partial charge in [-0.15, -0.1) is 0 Å². The summed E-state index contributed by atoms with van der Waals surface area (Å²) in [5.41, 5.74) is 0. The highest BCUT2D eigenvalue weighted by molar-refractivity contribution is 7.80. The molecule has 0 heterocycles. The lowest BCUT2D eigenvalue weighted by Crippen LogP contribution is -2.12. The van der Waals surface area contributed by atoms with Crippen molar-refractivity contribution < 1.29 is 25.2 Å². The Balaban J connectivity index is 0. The van der Waals surface area contributed by atoms with Crippen LogP contribution in [-0.2, 0) is 4.79 Å². The third-order valence-electron chi connectivity index (χ3n) is 0.557. The van der Waals surface area contributed by atoms with Crippen molar-refractivity contribution in [1.29, 1.82) is 0 Å². The monoisotopic (exact) mass is 184 g/mol. The standard InChI is InChI=1S/C3H8O2S.C2H4O3/c4-1-3(5)2-6;3-1-2(4)5/h3-6H,1-2H2;3H,1H2,(H,4,5). The molecule has 68 valence electrons. The Bertz CT molecular complexity index is 92.9. The van der Waals surface area contributed by atoms with Gasteiger partial charge >= 0.3 is 5.97 Å². The Labute approximate surface area is 69.7 Å². The van der Waals surface area contributed by atoms with Crippen molar-refractivity contribution in [2.45, 2.75) is 6.10 Å². The van der Waals surface area contributed by atoms with Crippen molar-refractivity contribution in [2.75, 3.05) is 19.0 Å². The van der Waals surface area contributed by atoms with Gasteiger partial charge in [-0.05, 0) is 0 Å². The van der Waals surface area contributed by atoms with E-state index in [0.29, 0.717) is 5.75 Å². The quantitative estimate of drug-likeness (QED) is 0.338. The molecule has 0 amide bonds. The van der Waals surface area contributed by atoms with Crippen LogP contribution >= 0.6 is 12.6 Å². The molecule has 0 rings (SSSR count). The van der Waals surface area contributed by atoms with Crippen LogP contribution < -0.4 is 0 Å². The zero-order valence-electron chi connectivity index (χ0n) is 5.84. The van der Waals surface area contributed by atoms with Crippen molar-refractivity contribution >= 4 is 18.6 Å². The first-order valence-corrected chi connectivity index (χ1v) is 3.44. The second kappa shape index (κ2) is 9.70. The molecule has 0 radical (unpaired) electrons. The number of aliphatic carboxylic acids is 1. The van der Waals surface area contributed by atoms with Gasteiger partial charge in [-0.25, -0.2) is 4.79 Å². The van der Waals surface area contributed by atoms with E-state index in [2.05, 4.69) is 12.6 Å². The molecule has 0 aliphatic heterocycles. The average Bonchev–Trinajstić information content (AvgIpc) is 2.04. The minimum Gasteiger partial charge on any atom is -0.480 e. The SMILES string of the molecule is O=C(O)CO.OCC(O)CS. The molecule has 5 nitrogen and oxygen atoms in total. The fourth-order valence-electron chi connectivity index (χ4n) is 0.0577. The fourth-order valence-corrected chi connectivity index (χ4v) is 0.173. The lowest BCUT2D eigenvalue weighted by molar-refractivity contribution is -0.140. The smallest absolute Gasteiger partial charge is 0.329 e. The first-order valence-electron chi connectivity index (χ1n) is 2.80. The molecule has 0 fully saturated rings. The topological polar surface area (TPSA) is 98.0 Å². The number of hydrogen-bond acceptors (Lipinski definition) is 5. The predicted octanol–water partition coefficient (Wildman–Crippen LogP) is -1.67. The van der Waals surface area contributed by atoms with E-state index < -0.39 is 18.7 Å². The van der Waals surface area contributed by atoms with Gasteiger partial charge in [0, 0.05) is 5.75 Å². The molecule has 0 aliphatic rings. The highest BCUT2D eigenvalue weighted by Crippen LogP contribution is 1.81. The van der Waals surface area contributed by atoms with Gasteiger partial charge in [-0.1, -0.05) is 0 Å². The van der Waals surface area contributed by atoms with E-state index in [1.54, 1.807) is 0 Å². The minimum absolute atomic E-state index is 0.191. The third kappa shape index (κ3) is 17.7. The summed E-state index contributed by atoms with van der Waals surface area (Å²) in [5, 5.41) is 31.4. The lowest BCUT2D eigenvalue weighted by Gasteiger charge is -1.96. The molecule has 4 N–H and O–H groups in total. The molecule has 0 spiro atoms. The van der Waals surface area contributed by atoms with Gasteiger partial charge in [0.25, 0.3) is 0 Å². The summed E-state index contributed by atoms with van der Waals surface area (Å²) < 4.78 is 0. The molecule has 1 unspecified atom stereocenters. The van der Waals surface area contributed by atoms with Crippen LogP contribution in [0.15, 0.2) is 0 Å². The van der Waals surface area contributed by atoms with Crippen LogP contribution in [-0.4, -0.2) is 51.5 Å². The molecular formula is C5H12O5S. The normalized spacial score (nSPS) is 11.3. The largest absolute Gasteiger partial charge is 0.480 e. The zero-order valence-corrected chi connectivity index (χ0v) is 6.74. The van der Waals surface area contributed by atoms with Crippen LogP contribution in [0.2, 0.25) is 0 Å². The first kappa shape index (κ1) is 13.3. The molecule has 0 aromatic rings. The van der Waals surface area contributed by atoms with Crippen LogP contribution in [0.1, 0.15) is 0 Å². The van der Waals surface area contributed by atoms with Crippen LogP contribution in [0, 0.1) is 0 Å². The number of aliphatic hydroxyl groups excluding tert-OH is 3. The average molecular weight is 184 g/mol. The predicted molar refractivity (Wildman–Crippen MR) is 41.7 cm³/mol. The summed E-state index contributed by atoms with van der Waals surface area (Å²) in [5.74, 6) is -0.860. The van der Waals surface area contributed by atoms with E-state index >= 15 is 0 Å². The Morgan fingerprint density at radius 1 is 1.45 bits per heavy atom. The van der Waals surface area contributed by atoms with E-state index in [1.807, 2.05) is 0 Å². The van der Waals surface area contributed by atoms with Crippen molar-refractivity contribution in [2.24, 2.45) is 0 Å². The van der Waals surface area contributed by atoms with Crippen LogP contribution in [0.5, 0.6) is 0 Å². The van der Waals surface area contributed by atoms with E-state index in [0.717, 1.165) is 0 Å². The van der Waals surface area contributed by atoms with Gasteiger partial charge in [0.15, 0.2) is 0 Å². The van der Waals surface area contributed by atoms with Gasteiger partial charge in [-0.3, -0.25) is 0 Å². The molecule has 0 bridgehead atoms. The maximum Gasteiger partial charge on any atom is 0.329 e. The fraction of sp³-hybridized carbons (Fsp3) is 0.800. The van der Waals surface area contributed by atoms with Crippen molar-refractivity contribution in [3.8, 4) is 0 Å². The third-order valence-corrected chi connectivity index (χ3v) is 0.978. The number of carboxylic acid groups (broad SMARTS) is 1. The zero-order chi connectivity index (χ0) is 9.28. The number of hydrogen-bond donors (Lipinski definition) is 5. The van der Waals surface area contributed by atoms with Crippen molar-refractivity contribution in [1.82, 2.24) is 0 Å². The Kier molecular flexibility index (Phi) is 11.7. The molecule has 0 aromatic carbocycles. The summed E-state index contributed by atoms with van der Waals surface area (Å²) >= 11 is 3.69. The number of thiol groups is 1. The molecule has 0 saturated heterocycles. The number of rotatable bonds is 3. The van der Waals surface area contributed by atoms with E-state index in [4.69, 9.17) is 25.2 Å². The van der Waals surface area contributed by atoms with Crippen LogP contribution in [0.3, 0.4) is 0 Å². The van der Waals surface area contributed by atoms with E-state index in [1.165, 1.54) is 0 Å².